The highest BCUT2D eigenvalue weighted by molar-refractivity contribution is 6.05. The first-order valence-electron chi connectivity index (χ1n) is 11.0. The Bertz CT molecular complexity index is 1600. The van der Waals surface area contributed by atoms with Gasteiger partial charge in [-0.2, -0.15) is 5.26 Å². The van der Waals surface area contributed by atoms with Gasteiger partial charge in [0.25, 0.3) is 0 Å². The highest BCUT2D eigenvalue weighted by Crippen LogP contribution is 2.38. The molecule has 3 aromatic heterocycles. The molecule has 0 aliphatic rings. The maximum atomic E-state index is 13.5. The van der Waals surface area contributed by atoms with Gasteiger partial charge in [0.15, 0.2) is 0 Å². The number of hydrogen-bond donors (Lipinski definition) is 0. The van der Waals surface area contributed by atoms with Crippen LogP contribution < -0.4 is 10.4 Å². The van der Waals surface area contributed by atoms with Crippen LogP contribution in [0, 0.1) is 25.2 Å². The van der Waals surface area contributed by atoms with E-state index in [9.17, 15) is 4.79 Å². The third kappa shape index (κ3) is 3.42. The monoisotopic (exact) mass is 453 g/mol. The van der Waals surface area contributed by atoms with Gasteiger partial charge < -0.3 is 9.26 Å². The van der Waals surface area contributed by atoms with E-state index in [0.29, 0.717) is 30.1 Å². The minimum absolute atomic E-state index is 0.169. The lowest BCUT2D eigenvalue weighted by atomic mass is 10.0. The minimum Gasteiger partial charge on any atom is -0.496 e. The van der Waals surface area contributed by atoms with Gasteiger partial charge in [-0.05, 0) is 31.5 Å². The number of nitrogens with zero attached hydrogens (tertiary/aromatic N) is 5. The summed E-state index contributed by atoms with van der Waals surface area (Å²) < 4.78 is 14.5. The zero-order chi connectivity index (χ0) is 23.8. The highest BCUT2D eigenvalue weighted by Gasteiger charge is 2.21. The average Bonchev–Trinajstić information content (AvgIpc) is 3.32. The predicted octanol–water partition coefficient (Wildman–Crippen LogP) is 4.59. The normalized spacial score (nSPS) is 11.2. The van der Waals surface area contributed by atoms with Crippen molar-refractivity contribution in [3.8, 4) is 22.9 Å². The van der Waals surface area contributed by atoms with E-state index in [-0.39, 0.29) is 12.1 Å². The fourth-order valence-electron chi connectivity index (χ4n) is 4.54. The van der Waals surface area contributed by atoms with Gasteiger partial charge in [0.2, 0.25) is 0 Å². The number of pyridine rings is 1. The van der Waals surface area contributed by atoms with Crippen molar-refractivity contribution in [3.63, 3.8) is 0 Å². The van der Waals surface area contributed by atoms with Gasteiger partial charge in [0, 0.05) is 17.5 Å². The SMILES string of the molecule is COc1cc2c(cc1-c1c(C)noc1C)ncc1c2n(Cc2ccccc2)c(=O)n1CCC#N. The molecule has 34 heavy (non-hydrogen) atoms. The van der Waals surface area contributed by atoms with Crippen molar-refractivity contribution in [2.45, 2.75) is 33.4 Å². The van der Waals surface area contributed by atoms with E-state index >= 15 is 0 Å². The van der Waals surface area contributed by atoms with Crippen molar-refractivity contribution in [1.29, 1.82) is 5.26 Å². The topological polar surface area (TPSA) is 98.9 Å². The molecule has 5 rings (SSSR count). The first-order chi connectivity index (χ1) is 16.5. The molecule has 0 bridgehead atoms. The molecule has 0 N–H and O–H groups in total. The van der Waals surface area contributed by atoms with Gasteiger partial charge in [0.05, 0.1) is 60.1 Å². The average molecular weight is 454 g/mol. The third-order valence-electron chi connectivity index (χ3n) is 6.10. The summed E-state index contributed by atoms with van der Waals surface area (Å²) >= 11 is 0. The van der Waals surface area contributed by atoms with Gasteiger partial charge in [-0.25, -0.2) is 4.79 Å². The van der Waals surface area contributed by atoms with Gasteiger partial charge in [-0.15, -0.1) is 0 Å². The van der Waals surface area contributed by atoms with E-state index < -0.39 is 0 Å². The molecular weight excluding hydrogens is 430 g/mol. The molecule has 0 unspecified atom stereocenters. The fourth-order valence-corrected chi connectivity index (χ4v) is 4.54. The van der Waals surface area contributed by atoms with Gasteiger partial charge in [-0.1, -0.05) is 35.5 Å². The van der Waals surface area contributed by atoms with Crippen LogP contribution in [0.1, 0.15) is 23.4 Å². The molecule has 0 aliphatic heterocycles. The second-order valence-corrected chi connectivity index (χ2v) is 8.17. The largest absolute Gasteiger partial charge is 0.496 e. The summed E-state index contributed by atoms with van der Waals surface area (Å²) in [6.45, 7) is 4.46. The summed E-state index contributed by atoms with van der Waals surface area (Å²) in [4.78, 5) is 18.2. The van der Waals surface area contributed by atoms with Crippen LogP contribution >= 0.6 is 0 Å². The molecule has 0 amide bonds. The summed E-state index contributed by atoms with van der Waals surface area (Å²) in [6, 6.07) is 15.8. The number of nitriles is 1. The second-order valence-electron chi connectivity index (χ2n) is 8.17. The molecule has 0 spiro atoms. The fraction of sp³-hybridized carbons (Fsp3) is 0.231. The molecule has 0 atom stereocenters. The molecule has 0 saturated heterocycles. The maximum absolute atomic E-state index is 13.5. The van der Waals surface area contributed by atoms with Crippen LogP contribution in [0.4, 0.5) is 0 Å². The van der Waals surface area contributed by atoms with Crippen LogP contribution in [0.15, 0.2) is 58.0 Å². The number of fused-ring (bicyclic) bond motifs is 3. The molecular formula is C26H23N5O3. The lowest BCUT2D eigenvalue weighted by Crippen LogP contribution is -2.24. The summed E-state index contributed by atoms with van der Waals surface area (Å²) in [7, 11) is 1.62. The molecule has 170 valence electrons. The molecule has 0 radical (unpaired) electrons. The zero-order valence-corrected chi connectivity index (χ0v) is 19.2. The van der Waals surface area contributed by atoms with Crippen LogP contribution in [0.5, 0.6) is 5.75 Å². The Morgan fingerprint density at radius 1 is 1.15 bits per heavy atom. The number of methoxy groups -OCH3 is 1. The molecule has 5 aromatic rings. The van der Waals surface area contributed by atoms with Crippen LogP contribution in [-0.4, -0.2) is 26.4 Å². The Kier molecular flexibility index (Phi) is 5.38. The van der Waals surface area contributed by atoms with Crippen LogP contribution in [0.2, 0.25) is 0 Å². The van der Waals surface area contributed by atoms with E-state index in [1.807, 2.05) is 56.3 Å². The second kappa shape index (κ2) is 8.52. The van der Waals surface area contributed by atoms with E-state index in [0.717, 1.165) is 38.8 Å². The Morgan fingerprint density at radius 3 is 2.62 bits per heavy atom. The van der Waals surface area contributed by atoms with E-state index in [1.165, 1.54) is 0 Å². The standard InChI is InChI=1S/C26H23N5O3/c1-16-24(17(2)34-29-16)20-12-21-19(13-23(20)33-3)25-22(14-28-21)30(11-7-10-27)26(32)31(25)15-18-8-5-4-6-9-18/h4-6,8-9,12-14H,7,11,15H2,1-3H3. The number of imidazole rings is 1. The molecule has 2 aromatic carbocycles. The predicted molar refractivity (Wildman–Crippen MR) is 129 cm³/mol. The number of aryl methyl sites for hydroxylation is 3. The van der Waals surface area contributed by atoms with Crippen LogP contribution in [0.3, 0.4) is 0 Å². The Morgan fingerprint density at radius 2 is 1.94 bits per heavy atom. The first-order valence-corrected chi connectivity index (χ1v) is 11.0. The van der Waals surface area contributed by atoms with Crippen molar-refractivity contribution in [3.05, 3.63) is 76.2 Å². The number of hydrogen-bond acceptors (Lipinski definition) is 6. The first kappa shape index (κ1) is 21.5. The van der Waals surface area contributed by atoms with E-state index in [1.54, 1.807) is 22.4 Å². The van der Waals surface area contributed by atoms with Crippen LogP contribution in [0.25, 0.3) is 33.1 Å². The van der Waals surface area contributed by atoms with Crippen LogP contribution in [-0.2, 0) is 13.1 Å². The van der Waals surface area contributed by atoms with E-state index in [4.69, 9.17) is 14.5 Å². The molecule has 0 fully saturated rings. The Hall–Kier alpha value is -4.38. The number of benzene rings is 2. The Balaban J connectivity index is 1.82. The lowest BCUT2D eigenvalue weighted by Gasteiger charge is -2.12. The van der Waals surface area contributed by atoms with E-state index in [2.05, 4.69) is 16.2 Å². The van der Waals surface area contributed by atoms with Crippen molar-refractivity contribution < 1.29 is 9.26 Å². The van der Waals surface area contributed by atoms with Crippen molar-refractivity contribution in [2.75, 3.05) is 7.11 Å². The summed E-state index contributed by atoms with van der Waals surface area (Å²) in [5.74, 6) is 1.33. The molecule has 3 heterocycles. The lowest BCUT2D eigenvalue weighted by molar-refractivity contribution is 0.393. The van der Waals surface area contributed by atoms with Crippen molar-refractivity contribution in [2.24, 2.45) is 0 Å². The minimum atomic E-state index is -0.169. The van der Waals surface area contributed by atoms with Crippen molar-refractivity contribution >= 4 is 21.9 Å². The Labute approximate surface area is 195 Å². The van der Waals surface area contributed by atoms with Crippen molar-refractivity contribution in [1.82, 2.24) is 19.3 Å². The van der Waals surface area contributed by atoms with Gasteiger partial charge in [0.1, 0.15) is 11.5 Å². The highest BCUT2D eigenvalue weighted by atomic mass is 16.5. The molecule has 8 heteroatoms. The number of rotatable bonds is 6. The maximum Gasteiger partial charge on any atom is 0.329 e. The zero-order valence-electron chi connectivity index (χ0n) is 19.2. The summed E-state index contributed by atoms with van der Waals surface area (Å²) in [6.07, 6.45) is 1.94. The third-order valence-corrected chi connectivity index (χ3v) is 6.10. The smallest absolute Gasteiger partial charge is 0.329 e. The molecule has 0 aliphatic carbocycles. The number of aromatic nitrogens is 4. The summed E-state index contributed by atoms with van der Waals surface area (Å²) in [5, 5.41) is 14.0. The van der Waals surface area contributed by atoms with Gasteiger partial charge >= 0.3 is 5.69 Å². The number of ether oxygens (including phenoxy) is 1. The quantitative estimate of drug-likeness (QED) is 0.373. The molecule has 8 nitrogen and oxygen atoms in total. The summed E-state index contributed by atoms with van der Waals surface area (Å²) in [5.41, 5.74) is 5.48. The van der Waals surface area contributed by atoms with Gasteiger partial charge in [-0.3, -0.25) is 14.1 Å². The molecule has 0 saturated carbocycles.